The molecule has 0 spiro atoms. The van der Waals surface area contributed by atoms with Gasteiger partial charge in [0.25, 0.3) is 0 Å². The van der Waals surface area contributed by atoms with Gasteiger partial charge in [-0.05, 0) is 48.7 Å². The molecule has 0 aliphatic rings. The molecule has 0 saturated carbocycles. The van der Waals surface area contributed by atoms with Gasteiger partial charge in [0, 0.05) is 5.69 Å². The number of rotatable bonds is 5. The number of carbonyl (C=O) groups excluding carboxylic acids is 2. The fourth-order valence-corrected chi connectivity index (χ4v) is 2.11. The molecule has 0 heterocycles. The number of amides is 2. The molecule has 0 aliphatic carbocycles. The number of carbonyl (C=O) groups is 2. The summed E-state index contributed by atoms with van der Waals surface area (Å²) in [6.07, 6.45) is 0.108. The molecule has 0 fully saturated rings. The van der Waals surface area contributed by atoms with E-state index in [1.165, 1.54) is 12.1 Å². The van der Waals surface area contributed by atoms with E-state index in [4.69, 9.17) is 0 Å². The van der Waals surface area contributed by atoms with Crippen LogP contribution in [0.15, 0.2) is 42.5 Å². The standard InChI is InChI=1S/C18H19FN2O2/c1-12-4-3-5-16(13(12)2)21-18(23)11-20-17(22)10-14-6-8-15(19)9-7-14/h3-9H,10-11H2,1-2H3,(H,20,22)(H,21,23). The van der Waals surface area contributed by atoms with Crippen LogP contribution in [0.5, 0.6) is 0 Å². The lowest BCUT2D eigenvalue weighted by Gasteiger charge is -2.11. The maximum Gasteiger partial charge on any atom is 0.243 e. The Balaban J connectivity index is 1.83. The molecule has 0 unspecified atom stereocenters. The van der Waals surface area contributed by atoms with Crippen LogP contribution in [0.25, 0.3) is 0 Å². The van der Waals surface area contributed by atoms with E-state index in [2.05, 4.69) is 10.6 Å². The van der Waals surface area contributed by atoms with Crippen LogP contribution < -0.4 is 10.6 Å². The molecule has 2 N–H and O–H groups in total. The number of hydrogen-bond donors (Lipinski definition) is 2. The van der Waals surface area contributed by atoms with Crippen molar-refractivity contribution in [1.82, 2.24) is 5.32 Å². The second-order valence-electron chi connectivity index (χ2n) is 5.38. The minimum atomic E-state index is -0.345. The lowest BCUT2D eigenvalue weighted by molar-refractivity contribution is -0.123. The predicted molar refractivity (Wildman–Crippen MR) is 87.7 cm³/mol. The van der Waals surface area contributed by atoms with E-state index in [1.54, 1.807) is 12.1 Å². The summed E-state index contributed by atoms with van der Waals surface area (Å²) in [6.45, 7) is 3.79. The van der Waals surface area contributed by atoms with Crippen LogP contribution in [0.4, 0.5) is 10.1 Å². The molecule has 5 heteroatoms. The number of hydrogen-bond acceptors (Lipinski definition) is 2. The number of halogens is 1. The van der Waals surface area contributed by atoms with Gasteiger partial charge in [0.1, 0.15) is 5.82 Å². The maximum absolute atomic E-state index is 12.8. The highest BCUT2D eigenvalue weighted by molar-refractivity contribution is 5.95. The Labute approximate surface area is 134 Å². The molecule has 0 aromatic heterocycles. The summed E-state index contributed by atoms with van der Waals surface area (Å²) in [5, 5.41) is 5.33. The van der Waals surface area contributed by atoms with Gasteiger partial charge < -0.3 is 10.6 Å². The largest absolute Gasteiger partial charge is 0.347 e. The summed E-state index contributed by atoms with van der Waals surface area (Å²) in [6, 6.07) is 11.4. The molecule has 2 amide bonds. The Morgan fingerprint density at radius 1 is 1.00 bits per heavy atom. The number of aryl methyl sites for hydroxylation is 1. The van der Waals surface area contributed by atoms with Gasteiger partial charge in [-0.2, -0.15) is 0 Å². The van der Waals surface area contributed by atoms with Crippen molar-refractivity contribution < 1.29 is 14.0 Å². The van der Waals surface area contributed by atoms with Gasteiger partial charge in [-0.1, -0.05) is 24.3 Å². The summed E-state index contributed by atoms with van der Waals surface area (Å²) < 4.78 is 12.8. The summed E-state index contributed by atoms with van der Waals surface area (Å²) in [5.74, 6) is -0.916. The van der Waals surface area contributed by atoms with Crippen LogP contribution in [0.3, 0.4) is 0 Å². The summed E-state index contributed by atoms with van der Waals surface area (Å²) in [4.78, 5) is 23.7. The first-order valence-corrected chi connectivity index (χ1v) is 7.33. The van der Waals surface area contributed by atoms with Gasteiger partial charge in [-0.25, -0.2) is 4.39 Å². The molecule has 23 heavy (non-hydrogen) atoms. The van der Waals surface area contributed by atoms with Crippen molar-refractivity contribution in [1.29, 1.82) is 0 Å². The van der Waals surface area contributed by atoms with Crippen LogP contribution in [0.2, 0.25) is 0 Å². The average molecular weight is 314 g/mol. The van der Waals surface area contributed by atoms with Gasteiger partial charge in [0.05, 0.1) is 13.0 Å². The van der Waals surface area contributed by atoms with Gasteiger partial charge in [-0.15, -0.1) is 0 Å². The van der Waals surface area contributed by atoms with E-state index in [0.717, 1.165) is 16.8 Å². The lowest BCUT2D eigenvalue weighted by Crippen LogP contribution is -2.33. The van der Waals surface area contributed by atoms with Gasteiger partial charge >= 0.3 is 0 Å². The van der Waals surface area contributed by atoms with Gasteiger partial charge in [-0.3, -0.25) is 9.59 Å². The third kappa shape index (κ3) is 4.92. The smallest absolute Gasteiger partial charge is 0.243 e. The topological polar surface area (TPSA) is 58.2 Å². The first kappa shape index (κ1) is 16.7. The third-order valence-electron chi connectivity index (χ3n) is 3.60. The minimum Gasteiger partial charge on any atom is -0.347 e. The Kier molecular flexibility index (Phi) is 5.46. The summed E-state index contributed by atoms with van der Waals surface area (Å²) in [7, 11) is 0. The molecule has 120 valence electrons. The number of nitrogens with one attached hydrogen (secondary N) is 2. The fraction of sp³-hybridized carbons (Fsp3) is 0.222. The van der Waals surface area contributed by atoms with E-state index < -0.39 is 0 Å². The molecular formula is C18H19FN2O2. The average Bonchev–Trinajstić information content (AvgIpc) is 2.52. The fourth-order valence-electron chi connectivity index (χ4n) is 2.11. The molecular weight excluding hydrogens is 295 g/mol. The molecule has 2 aromatic carbocycles. The first-order valence-electron chi connectivity index (χ1n) is 7.33. The molecule has 0 bridgehead atoms. The minimum absolute atomic E-state index is 0.104. The molecule has 2 aromatic rings. The van der Waals surface area contributed by atoms with E-state index in [-0.39, 0.29) is 30.6 Å². The SMILES string of the molecule is Cc1cccc(NC(=O)CNC(=O)Cc2ccc(F)cc2)c1C. The normalized spacial score (nSPS) is 10.2. The summed E-state index contributed by atoms with van der Waals surface area (Å²) in [5.41, 5.74) is 3.52. The van der Waals surface area contributed by atoms with Crippen LogP contribution in [0, 0.1) is 19.7 Å². The van der Waals surface area contributed by atoms with Crippen LogP contribution in [0.1, 0.15) is 16.7 Å². The summed E-state index contributed by atoms with van der Waals surface area (Å²) >= 11 is 0. The van der Waals surface area contributed by atoms with Crippen molar-refractivity contribution in [2.75, 3.05) is 11.9 Å². The van der Waals surface area contributed by atoms with Gasteiger partial charge in [0.2, 0.25) is 11.8 Å². The lowest BCUT2D eigenvalue weighted by atomic mass is 10.1. The number of anilines is 1. The van der Waals surface area contributed by atoms with Crippen molar-refractivity contribution >= 4 is 17.5 Å². The molecule has 2 rings (SSSR count). The maximum atomic E-state index is 12.8. The van der Waals surface area contributed by atoms with Crippen molar-refractivity contribution in [3.8, 4) is 0 Å². The second kappa shape index (κ2) is 7.54. The zero-order valence-electron chi connectivity index (χ0n) is 13.2. The first-order chi connectivity index (χ1) is 11.0. The third-order valence-corrected chi connectivity index (χ3v) is 3.60. The van der Waals surface area contributed by atoms with Crippen molar-refractivity contribution in [3.05, 3.63) is 65.0 Å². The van der Waals surface area contributed by atoms with Crippen LogP contribution in [-0.4, -0.2) is 18.4 Å². The predicted octanol–water partition coefficient (Wildman–Crippen LogP) is 2.74. The monoisotopic (exact) mass is 314 g/mol. The van der Waals surface area contributed by atoms with Crippen molar-refractivity contribution in [2.45, 2.75) is 20.3 Å². The molecule has 0 atom stereocenters. The second-order valence-corrected chi connectivity index (χ2v) is 5.38. The molecule has 0 aliphatic heterocycles. The zero-order valence-corrected chi connectivity index (χ0v) is 13.2. The quantitative estimate of drug-likeness (QED) is 0.891. The van der Waals surface area contributed by atoms with Crippen molar-refractivity contribution in [3.63, 3.8) is 0 Å². The Hall–Kier alpha value is -2.69. The van der Waals surface area contributed by atoms with Gasteiger partial charge in [0.15, 0.2) is 0 Å². The highest BCUT2D eigenvalue weighted by atomic mass is 19.1. The Bertz CT molecular complexity index is 711. The Morgan fingerprint density at radius 2 is 1.70 bits per heavy atom. The molecule has 4 nitrogen and oxygen atoms in total. The van der Waals surface area contributed by atoms with Crippen LogP contribution in [-0.2, 0) is 16.0 Å². The zero-order chi connectivity index (χ0) is 16.8. The van der Waals surface area contributed by atoms with E-state index >= 15 is 0 Å². The highest BCUT2D eigenvalue weighted by Crippen LogP contribution is 2.17. The highest BCUT2D eigenvalue weighted by Gasteiger charge is 2.09. The van der Waals surface area contributed by atoms with E-state index in [9.17, 15) is 14.0 Å². The Morgan fingerprint density at radius 3 is 2.39 bits per heavy atom. The van der Waals surface area contributed by atoms with E-state index in [0.29, 0.717) is 5.56 Å². The molecule has 0 radical (unpaired) electrons. The van der Waals surface area contributed by atoms with Crippen molar-refractivity contribution in [2.24, 2.45) is 0 Å². The molecule has 0 saturated heterocycles. The van der Waals surface area contributed by atoms with Crippen LogP contribution >= 0.6 is 0 Å². The van der Waals surface area contributed by atoms with E-state index in [1.807, 2.05) is 32.0 Å². The number of benzene rings is 2.